The van der Waals surface area contributed by atoms with Crippen molar-refractivity contribution < 1.29 is 4.74 Å². The van der Waals surface area contributed by atoms with Crippen LogP contribution >= 0.6 is 23.4 Å². The highest BCUT2D eigenvalue weighted by Crippen LogP contribution is 2.28. The number of halogens is 1. The van der Waals surface area contributed by atoms with Gasteiger partial charge in [0.05, 0.1) is 12.1 Å². The predicted octanol–water partition coefficient (Wildman–Crippen LogP) is 2.94. The van der Waals surface area contributed by atoms with Crippen molar-refractivity contribution in [3.8, 4) is 5.75 Å². The van der Waals surface area contributed by atoms with Crippen LogP contribution in [0.5, 0.6) is 5.75 Å². The van der Waals surface area contributed by atoms with Crippen molar-refractivity contribution in [1.82, 2.24) is 5.32 Å². The molecule has 0 aliphatic carbocycles. The second-order valence-corrected chi connectivity index (χ2v) is 5.59. The lowest BCUT2D eigenvalue weighted by Gasteiger charge is -2.09. The Kier molecular flexibility index (Phi) is 4.38. The van der Waals surface area contributed by atoms with Crippen LogP contribution in [0.4, 0.5) is 0 Å². The quantitative estimate of drug-likeness (QED) is 0.896. The lowest BCUT2D eigenvalue weighted by atomic mass is 10.2. The van der Waals surface area contributed by atoms with E-state index in [0.717, 1.165) is 29.8 Å². The van der Waals surface area contributed by atoms with E-state index in [1.807, 2.05) is 23.9 Å². The van der Waals surface area contributed by atoms with Crippen LogP contribution in [0.15, 0.2) is 18.2 Å². The molecule has 0 aromatic heterocycles. The molecule has 1 atom stereocenters. The minimum atomic E-state index is 0.699. The molecular weight excluding hydrogens is 242 g/mol. The van der Waals surface area contributed by atoms with E-state index in [1.54, 1.807) is 7.11 Å². The fourth-order valence-corrected chi connectivity index (χ4v) is 3.19. The van der Waals surface area contributed by atoms with E-state index < -0.39 is 0 Å². The number of methoxy groups -OCH3 is 1. The van der Waals surface area contributed by atoms with E-state index in [0.29, 0.717) is 5.02 Å². The van der Waals surface area contributed by atoms with Crippen LogP contribution in [-0.2, 0) is 5.75 Å². The summed E-state index contributed by atoms with van der Waals surface area (Å²) in [6, 6.07) is 6.01. The molecule has 0 amide bonds. The molecule has 0 radical (unpaired) electrons. The number of nitrogens with one attached hydrogen (secondary N) is 1. The maximum Gasteiger partial charge on any atom is 0.137 e. The number of rotatable bonds is 4. The van der Waals surface area contributed by atoms with Crippen LogP contribution < -0.4 is 10.1 Å². The smallest absolute Gasteiger partial charge is 0.137 e. The molecule has 0 bridgehead atoms. The molecule has 88 valence electrons. The van der Waals surface area contributed by atoms with Gasteiger partial charge < -0.3 is 10.1 Å². The van der Waals surface area contributed by atoms with Crippen LogP contribution in [0.3, 0.4) is 0 Å². The standard InChI is InChI=1S/C12H16ClNOS/c1-15-12-3-2-9(6-11(12)13)8-16-10-4-5-14-7-10/h2-3,6,10,14H,4-5,7-8H2,1H3. The summed E-state index contributed by atoms with van der Waals surface area (Å²) in [5.41, 5.74) is 1.27. The van der Waals surface area contributed by atoms with Gasteiger partial charge in [0.25, 0.3) is 0 Å². The van der Waals surface area contributed by atoms with E-state index in [4.69, 9.17) is 16.3 Å². The summed E-state index contributed by atoms with van der Waals surface area (Å²) in [6.07, 6.45) is 1.27. The van der Waals surface area contributed by atoms with Gasteiger partial charge in [-0.15, -0.1) is 0 Å². The van der Waals surface area contributed by atoms with Crippen LogP contribution in [0, 0.1) is 0 Å². The number of hydrogen-bond donors (Lipinski definition) is 1. The van der Waals surface area contributed by atoms with Gasteiger partial charge in [-0.25, -0.2) is 0 Å². The zero-order chi connectivity index (χ0) is 11.4. The maximum atomic E-state index is 6.08. The Labute approximate surface area is 106 Å². The Morgan fingerprint density at radius 2 is 2.44 bits per heavy atom. The van der Waals surface area contributed by atoms with Gasteiger partial charge in [-0.1, -0.05) is 17.7 Å². The van der Waals surface area contributed by atoms with Gasteiger partial charge in [-0.05, 0) is 30.7 Å². The van der Waals surface area contributed by atoms with Gasteiger partial charge >= 0.3 is 0 Å². The zero-order valence-electron chi connectivity index (χ0n) is 9.33. The first kappa shape index (κ1) is 12.1. The highest BCUT2D eigenvalue weighted by molar-refractivity contribution is 7.99. The molecule has 2 nitrogen and oxygen atoms in total. The van der Waals surface area contributed by atoms with Crippen molar-refractivity contribution in [2.24, 2.45) is 0 Å². The van der Waals surface area contributed by atoms with E-state index in [1.165, 1.54) is 12.0 Å². The number of hydrogen-bond acceptors (Lipinski definition) is 3. The topological polar surface area (TPSA) is 21.3 Å². The third kappa shape index (κ3) is 3.06. The second kappa shape index (κ2) is 5.80. The summed E-state index contributed by atoms with van der Waals surface area (Å²) in [4.78, 5) is 0. The molecular formula is C12H16ClNOS. The first-order valence-electron chi connectivity index (χ1n) is 5.44. The highest BCUT2D eigenvalue weighted by Gasteiger charge is 2.14. The summed E-state index contributed by atoms with van der Waals surface area (Å²) >= 11 is 8.08. The van der Waals surface area contributed by atoms with Gasteiger partial charge in [0.1, 0.15) is 5.75 Å². The average Bonchev–Trinajstić information content (AvgIpc) is 2.79. The van der Waals surface area contributed by atoms with Crippen molar-refractivity contribution in [1.29, 1.82) is 0 Å². The summed E-state index contributed by atoms with van der Waals surface area (Å²) in [6.45, 7) is 2.29. The molecule has 1 aliphatic rings. The minimum Gasteiger partial charge on any atom is -0.495 e. The monoisotopic (exact) mass is 257 g/mol. The molecule has 1 heterocycles. The number of benzene rings is 1. The van der Waals surface area contributed by atoms with Crippen LogP contribution in [-0.4, -0.2) is 25.4 Å². The average molecular weight is 258 g/mol. The molecule has 1 unspecified atom stereocenters. The first-order chi connectivity index (χ1) is 7.79. The molecule has 1 aliphatic heterocycles. The summed E-state index contributed by atoms with van der Waals surface area (Å²) < 4.78 is 5.13. The summed E-state index contributed by atoms with van der Waals surface area (Å²) in [5, 5.41) is 4.82. The summed E-state index contributed by atoms with van der Waals surface area (Å²) in [7, 11) is 1.64. The fraction of sp³-hybridized carbons (Fsp3) is 0.500. The van der Waals surface area contributed by atoms with Crippen LogP contribution in [0.2, 0.25) is 5.02 Å². The van der Waals surface area contributed by atoms with Gasteiger partial charge in [0.2, 0.25) is 0 Å². The third-order valence-electron chi connectivity index (χ3n) is 2.72. The lowest BCUT2D eigenvalue weighted by Crippen LogP contribution is -2.10. The molecule has 16 heavy (non-hydrogen) atoms. The largest absolute Gasteiger partial charge is 0.495 e. The molecule has 1 aromatic carbocycles. The van der Waals surface area contributed by atoms with Crippen molar-refractivity contribution >= 4 is 23.4 Å². The molecule has 1 N–H and O–H groups in total. The Morgan fingerprint density at radius 3 is 3.06 bits per heavy atom. The molecule has 0 saturated carbocycles. The van der Waals surface area contributed by atoms with Crippen molar-refractivity contribution in [3.63, 3.8) is 0 Å². The van der Waals surface area contributed by atoms with Gasteiger partial charge in [-0.2, -0.15) is 11.8 Å². The van der Waals surface area contributed by atoms with Crippen molar-refractivity contribution in [3.05, 3.63) is 28.8 Å². The molecule has 0 spiro atoms. The Hall–Kier alpha value is -0.380. The van der Waals surface area contributed by atoms with Gasteiger partial charge in [-0.3, -0.25) is 0 Å². The highest BCUT2D eigenvalue weighted by atomic mass is 35.5. The number of thioether (sulfide) groups is 1. The van der Waals surface area contributed by atoms with Crippen LogP contribution in [0.1, 0.15) is 12.0 Å². The first-order valence-corrected chi connectivity index (χ1v) is 6.87. The Bertz CT molecular complexity index is 353. The molecule has 2 rings (SSSR count). The number of ether oxygens (including phenoxy) is 1. The molecule has 1 aromatic rings. The third-order valence-corrected chi connectivity index (χ3v) is 4.39. The molecule has 4 heteroatoms. The molecule has 1 fully saturated rings. The maximum absolute atomic E-state index is 6.08. The fourth-order valence-electron chi connectivity index (χ4n) is 1.78. The second-order valence-electron chi connectivity index (χ2n) is 3.89. The Morgan fingerprint density at radius 1 is 1.56 bits per heavy atom. The van der Waals surface area contributed by atoms with Gasteiger partial charge in [0.15, 0.2) is 0 Å². The van der Waals surface area contributed by atoms with E-state index in [2.05, 4.69) is 11.4 Å². The van der Waals surface area contributed by atoms with Crippen molar-refractivity contribution in [2.45, 2.75) is 17.4 Å². The SMILES string of the molecule is COc1ccc(CSC2CCNC2)cc1Cl. The van der Waals surface area contributed by atoms with Crippen molar-refractivity contribution in [2.75, 3.05) is 20.2 Å². The Balaban J connectivity index is 1.91. The summed E-state index contributed by atoms with van der Waals surface area (Å²) in [5.74, 6) is 1.77. The van der Waals surface area contributed by atoms with Crippen LogP contribution in [0.25, 0.3) is 0 Å². The predicted molar refractivity (Wildman–Crippen MR) is 70.6 cm³/mol. The van der Waals surface area contributed by atoms with E-state index in [9.17, 15) is 0 Å². The lowest BCUT2D eigenvalue weighted by molar-refractivity contribution is 0.415. The molecule has 1 saturated heterocycles. The van der Waals surface area contributed by atoms with Gasteiger partial charge in [0, 0.05) is 17.5 Å². The normalized spacial score (nSPS) is 20.0. The minimum absolute atomic E-state index is 0.699. The van der Waals surface area contributed by atoms with E-state index in [-0.39, 0.29) is 0 Å². The zero-order valence-corrected chi connectivity index (χ0v) is 10.9. The van der Waals surface area contributed by atoms with E-state index >= 15 is 0 Å².